The van der Waals surface area contributed by atoms with Gasteiger partial charge in [0, 0.05) is 35.6 Å². The molecule has 0 saturated carbocycles. The average molecular weight is 640 g/mol. The highest BCUT2D eigenvalue weighted by molar-refractivity contribution is 6.31. The molecule has 14 heteroatoms. The number of hydrazine groups is 2. The van der Waals surface area contributed by atoms with E-state index in [1.807, 2.05) is 0 Å². The van der Waals surface area contributed by atoms with Gasteiger partial charge in [0.1, 0.15) is 11.5 Å². The third kappa shape index (κ3) is 6.00. The molecule has 3 N–H and O–H groups in total. The van der Waals surface area contributed by atoms with Crippen molar-refractivity contribution in [3.05, 3.63) is 106 Å². The zero-order valence-corrected chi connectivity index (χ0v) is 24.5. The molecule has 2 atom stereocenters. The zero-order valence-electron chi connectivity index (χ0n) is 23.7. The average Bonchev–Trinajstić information content (AvgIpc) is 3.52. The Morgan fingerprint density at radius 1 is 1.02 bits per heavy atom. The summed E-state index contributed by atoms with van der Waals surface area (Å²) in [4.78, 5) is 35.5. The summed E-state index contributed by atoms with van der Waals surface area (Å²) in [5.41, 5.74) is 5.70. The number of carbonyl (C=O) groups is 1. The Balaban J connectivity index is 1.43. The molecule has 2 aromatic heterocycles. The van der Waals surface area contributed by atoms with Crippen molar-refractivity contribution in [1.82, 2.24) is 25.5 Å². The van der Waals surface area contributed by atoms with Gasteiger partial charge in [-0.05, 0) is 60.9 Å². The SMILES string of the molecule is C[C@@H]1CCC[C@H](n2cnc(-c3c(N4C=C(C(F)F)NN4)ccc(Cl)c3F)cc2=O)c2cc(ccn2)-c2cc(F)ccc2NC1=O. The lowest BCUT2D eigenvalue weighted by Crippen LogP contribution is -2.37. The van der Waals surface area contributed by atoms with E-state index in [0.717, 1.165) is 17.3 Å². The predicted octanol–water partition coefficient (Wildman–Crippen LogP) is 6.19. The lowest BCUT2D eigenvalue weighted by Gasteiger charge is -2.23. The fraction of sp³-hybridized carbons (Fsp3) is 0.226. The Bertz CT molecular complexity index is 1880. The minimum atomic E-state index is -2.81. The quantitative estimate of drug-likeness (QED) is 0.229. The van der Waals surface area contributed by atoms with Crippen molar-refractivity contribution < 1.29 is 22.4 Å². The smallest absolute Gasteiger partial charge is 0.280 e. The molecule has 0 radical (unpaired) electrons. The summed E-state index contributed by atoms with van der Waals surface area (Å²) < 4.78 is 57.6. The van der Waals surface area contributed by atoms with Gasteiger partial charge in [-0.25, -0.2) is 22.5 Å². The number of allylic oxidation sites excluding steroid dienone is 1. The van der Waals surface area contributed by atoms with Crippen molar-refractivity contribution in [1.29, 1.82) is 0 Å². The number of halogens is 5. The second-order valence-electron chi connectivity index (χ2n) is 10.8. The number of hydrogen-bond donors (Lipinski definition) is 3. The Labute approximate surface area is 259 Å². The molecule has 9 nitrogen and oxygen atoms in total. The third-order valence-corrected chi connectivity index (χ3v) is 8.11. The molecule has 232 valence electrons. The molecule has 4 aromatic rings. The van der Waals surface area contributed by atoms with Crippen LogP contribution in [0.4, 0.5) is 28.9 Å². The Morgan fingerprint density at radius 3 is 2.60 bits per heavy atom. The first-order valence-electron chi connectivity index (χ1n) is 14.0. The van der Waals surface area contributed by atoms with Crippen molar-refractivity contribution in [2.75, 3.05) is 10.3 Å². The molecular weight excluding hydrogens is 614 g/mol. The fourth-order valence-corrected chi connectivity index (χ4v) is 5.59. The van der Waals surface area contributed by atoms with Crippen LogP contribution in [0.15, 0.2) is 77.7 Å². The second-order valence-corrected chi connectivity index (χ2v) is 11.2. The van der Waals surface area contributed by atoms with Crippen LogP contribution in [-0.2, 0) is 4.79 Å². The number of carbonyl (C=O) groups excluding carboxylic acids is 1. The minimum Gasteiger partial charge on any atom is -0.325 e. The number of nitrogens with zero attached hydrogens (tertiary/aromatic N) is 4. The number of hydrogen-bond acceptors (Lipinski definition) is 7. The fourth-order valence-electron chi connectivity index (χ4n) is 5.43. The van der Waals surface area contributed by atoms with Crippen LogP contribution in [0.5, 0.6) is 0 Å². The molecule has 1 amide bonds. The number of benzene rings is 2. The van der Waals surface area contributed by atoms with Gasteiger partial charge in [0.05, 0.1) is 40.0 Å². The molecule has 6 rings (SSSR count). The molecule has 0 saturated heterocycles. The summed E-state index contributed by atoms with van der Waals surface area (Å²) in [6.45, 7) is 1.79. The molecule has 2 aromatic carbocycles. The lowest BCUT2D eigenvalue weighted by molar-refractivity contribution is -0.119. The summed E-state index contributed by atoms with van der Waals surface area (Å²) in [7, 11) is 0. The van der Waals surface area contributed by atoms with Gasteiger partial charge >= 0.3 is 0 Å². The van der Waals surface area contributed by atoms with E-state index in [4.69, 9.17) is 11.6 Å². The first kappa shape index (κ1) is 30.3. The van der Waals surface area contributed by atoms with Gasteiger partial charge in [0.2, 0.25) is 5.91 Å². The van der Waals surface area contributed by atoms with Crippen molar-refractivity contribution in [3.8, 4) is 22.4 Å². The van der Waals surface area contributed by atoms with E-state index in [1.54, 1.807) is 25.3 Å². The van der Waals surface area contributed by atoms with Gasteiger partial charge in [-0.1, -0.05) is 24.9 Å². The number of rotatable bonds is 4. The molecule has 0 fully saturated rings. The first-order valence-corrected chi connectivity index (χ1v) is 14.4. The molecule has 2 bridgehead atoms. The maximum absolute atomic E-state index is 15.5. The van der Waals surface area contributed by atoms with Crippen LogP contribution in [0.25, 0.3) is 22.4 Å². The van der Waals surface area contributed by atoms with Crippen molar-refractivity contribution in [2.24, 2.45) is 5.92 Å². The first-order chi connectivity index (χ1) is 21.6. The van der Waals surface area contributed by atoms with E-state index in [0.29, 0.717) is 41.8 Å². The second kappa shape index (κ2) is 12.3. The number of amides is 1. The third-order valence-electron chi connectivity index (χ3n) is 7.82. The maximum atomic E-state index is 15.5. The largest absolute Gasteiger partial charge is 0.325 e. The summed E-state index contributed by atoms with van der Waals surface area (Å²) in [6.07, 6.45) is 2.52. The Kier molecular flexibility index (Phi) is 8.30. The van der Waals surface area contributed by atoms with E-state index < -0.39 is 35.4 Å². The Morgan fingerprint density at radius 2 is 1.84 bits per heavy atom. The van der Waals surface area contributed by atoms with Gasteiger partial charge in [0.15, 0.2) is 5.82 Å². The van der Waals surface area contributed by atoms with Crippen LogP contribution in [0.3, 0.4) is 0 Å². The molecule has 45 heavy (non-hydrogen) atoms. The van der Waals surface area contributed by atoms with Gasteiger partial charge in [0.25, 0.3) is 12.0 Å². The molecular formula is C31H26ClF4N7O2. The monoisotopic (exact) mass is 639 g/mol. The Hall–Kier alpha value is -4.75. The molecule has 2 aliphatic heterocycles. The number of anilines is 2. The topological polar surface area (TPSA) is 104 Å². The number of fused-ring (bicyclic) bond motifs is 4. The molecule has 4 heterocycles. The normalized spacial score (nSPS) is 18.4. The van der Waals surface area contributed by atoms with Gasteiger partial charge in [-0.15, -0.1) is 5.53 Å². The summed E-state index contributed by atoms with van der Waals surface area (Å²) in [6, 6.07) is 10.7. The minimum absolute atomic E-state index is 0.0727. The van der Waals surface area contributed by atoms with E-state index in [-0.39, 0.29) is 33.8 Å². The zero-order chi connectivity index (χ0) is 31.8. The number of alkyl halides is 2. The van der Waals surface area contributed by atoms with Crippen LogP contribution in [0.1, 0.15) is 37.9 Å². The summed E-state index contributed by atoms with van der Waals surface area (Å²) >= 11 is 6.07. The summed E-state index contributed by atoms with van der Waals surface area (Å²) in [5, 5.41) is 3.79. The van der Waals surface area contributed by atoms with E-state index in [2.05, 4.69) is 26.2 Å². The van der Waals surface area contributed by atoms with Crippen LogP contribution in [0, 0.1) is 17.6 Å². The lowest BCUT2D eigenvalue weighted by atomic mass is 9.95. The standard InChI is InChI=1S/C31H26ClF4N7O2/c1-16-3-2-4-25(22-11-17(9-10-37-22)19-12-18(33)5-7-21(19)39-31(16)45)42-15-38-23(13-27(42)44)28-26(8-6-20(32)29(28)34)43-14-24(30(35)36)40-41-43/h5-16,25,30,40-41H,2-4H2,1H3,(H,39,45)/t16-,25+/m1/s1. The highest BCUT2D eigenvalue weighted by atomic mass is 35.5. The van der Waals surface area contributed by atoms with Crippen LogP contribution < -0.4 is 26.8 Å². The van der Waals surface area contributed by atoms with Crippen molar-refractivity contribution in [3.63, 3.8) is 0 Å². The molecule has 0 spiro atoms. The van der Waals surface area contributed by atoms with Gasteiger partial charge in [-0.2, -0.15) is 0 Å². The number of pyridine rings is 1. The van der Waals surface area contributed by atoms with Crippen molar-refractivity contribution in [2.45, 2.75) is 38.7 Å². The van der Waals surface area contributed by atoms with E-state index in [9.17, 15) is 22.8 Å². The van der Waals surface area contributed by atoms with Crippen LogP contribution in [-0.4, -0.2) is 26.9 Å². The molecule has 0 unspecified atom stereocenters. The highest BCUT2D eigenvalue weighted by Crippen LogP contribution is 2.37. The van der Waals surface area contributed by atoms with Crippen LogP contribution >= 0.6 is 11.6 Å². The molecule has 2 aliphatic rings. The predicted molar refractivity (Wildman–Crippen MR) is 161 cm³/mol. The van der Waals surface area contributed by atoms with E-state index >= 15 is 4.39 Å². The maximum Gasteiger partial charge on any atom is 0.280 e. The van der Waals surface area contributed by atoms with Gasteiger partial charge < -0.3 is 10.7 Å². The molecule has 0 aliphatic carbocycles. The number of nitrogens with one attached hydrogen (secondary N) is 3. The highest BCUT2D eigenvalue weighted by Gasteiger charge is 2.27. The van der Waals surface area contributed by atoms with Crippen molar-refractivity contribution >= 4 is 28.9 Å². The summed E-state index contributed by atoms with van der Waals surface area (Å²) in [5.74, 6) is -1.96. The van der Waals surface area contributed by atoms with Crippen LogP contribution in [0.2, 0.25) is 5.02 Å². The number of aromatic nitrogens is 3. The van der Waals surface area contributed by atoms with Gasteiger partial charge in [-0.3, -0.25) is 24.1 Å². The van der Waals surface area contributed by atoms with E-state index in [1.165, 1.54) is 41.2 Å².